The predicted molar refractivity (Wildman–Crippen MR) is 167 cm³/mol. The minimum atomic E-state index is 1.23. The summed E-state index contributed by atoms with van der Waals surface area (Å²) in [5, 5.41) is 7.59. The van der Waals surface area contributed by atoms with E-state index in [9.17, 15) is 0 Å². The van der Waals surface area contributed by atoms with E-state index in [1.807, 2.05) is 0 Å². The Kier molecular flexibility index (Phi) is 4.99. The number of fused-ring (bicyclic) bond motifs is 5. The van der Waals surface area contributed by atoms with Crippen LogP contribution in [-0.4, -0.2) is 0 Å². The van der Waals surface area contributed by atoms with Crippen molar-refractivity contribution < 1.29 is 9.13 Å². The molecule has 0 fully saturated rings. The maximum Gasteiger partial charge on any atom is 0.213 e. The monoisotopic (exact) mass is 512 g/mol. The third-order valence-electron chi connectivity index (χ3n) is 8.58. The lowest BCUT2D eigenvalue weighted by Gasteiger charge is -2.17. The zero-order chi connectivity index (χ0) is 26.8. The van der Waals surface area contributed by atoms with Crippen molar-refractivity contribution in [1.82, 2.24) is 0 Å². The molecule has 40 heavy (non-hydrogen) atoms. The van der Waals surface area contributed by atoms with Gasteiger partial charge in [-0.25, -0.2) is 0 Å². The summed E-state index contributed by atoms with van der Waals surface area (Å²) in [6, 6.07) is 48.7. The van der Waals surface area contributed by atoms with Crippen LogP contribution in [0.2, 0.25) is 0 Å². The molecule has 2 heteroatoms. The number of hydrogen-bond donors (Lipinski definition) is 0. The first kappa shape index (κ1) is 22.9. The van der Waals surface area contributed by atoms with Gasteiger partial charge in [-0.15, -0.1) is 0 Å². The van der Waals surface area contributed by atoms with Gasteiger partial charge in [0, 0.05) is 35.4 Å². The van der Waals surface area contributed by atoms with Crippen LogP contribution in [0.3, 0.4) is 0 Å². The fourth-order valence-corrected chi connectivity index (χ4v) is 6.80. The second-order valence-electron chi connectivity index (χ2n) is 10.6. The Hall–Kier alpha value is -5.08. The highest BCUT2D eigenvalue weighted by Crippen LogP contribution is 2.44. The van der Waals surface area contributed by atoms with Crippen LogP contribution in [0.15, 0.2) is 133 Å². The third-order valence-corrected chi connectivity index (χ3v) is 8.58. The zero-order valence-corrected chi connectivity index (χ0v) is 22.6. The highest BCUT2D eigenvalue weighted by atomic mass is 14.9. The Balaban J connectivity index is 1.60. The van der Waals surface area contributed by atoms with Gasteiger partial charge in [0.05, 0.1) is 21.5 Å². The first-order chi connectivity index (χ1) is 19.7. The van der Waals surface area contributed by atoms with E-state index < -0.39 is 0 Å². The highest BCUT2D eigenvalue weighted by molar-refractivity contribution is 6.20. The van der Waals surface area contributed by atoms with Gasteiger partial charge in [-0.2, -0.15) is 9.13 Å². The van der Waals surface area contributed by atoms with Crippen molar-refractivity contribution in [1.29, 1.82) is 0 Å². The number of aryl methyl sites for hydroxylation is 2. The van der Waals surface area contributed by atoms with Gasteiger partial charge in [-0.1, -0.05) is 84.9 Å². The Morgan fingerprint density at radius 3 is 1.02 bits per heavy atom. The standard InChI is InChI=1S/C38H28N2/c1-39-32-21-7-3-15-26(32)37(27-16-4-8-22-33(27)39)30-19-11-13-25-14-12-20-31(36(25)30)38-28-17-5-9-23-34(28)40(2)35-24-10-6-18-29(35)38/h3-24H,1-2H3/q+2. The van der Waals surface area contributed by atoms with Crippen molar-refractivity contribution in [2.24, 2.45) is 14.1 Å². The maximum absolute atomic E-state index is 2.32. The average Bonchev–Trinajstić information content (AvgIpc) is 3.01. The van der Waals surface area contributed by atoms with E-state index in [0.29, 0.717) is 0 Å². The van der Waals surface area contributed by atoms with Crippen molar-refractivity contribution in [2.75, 3.05) is 0 Å². The Morgan fingerprint density at radius 1 is 0.350 bits per heavy atom. The predicted octanol–water partition coefficient (Wildman–Crippen LogP) is 8.44. The second-order valence-corrected chi connectivity index (χ2v) is 10.6. The van der Waals surface area contributed by atoms with E-state index >= 15 is 0 Å². The van der Waals surface area contributed by atoms with E-state index in [2.05, 4.69) is 157 Å². The summed E-state index contributed by atoms with van der Waals surface area (Å²) in [7, 11) is 4.34. The lowest BCUT2D eigenvalue weighted by molar-refractivity contribution is -0.617. The largest absolute Gasteiger partial charge is 0.213 e. The summed E-state index contributed by atoms with van der Waals surface area (Å²) < 4.78 is 4.64. The van der Waals surface area contributed by atoms with Crippen molar-refractivity contribution >= 4 is 54.4 Å². The SMILES string of the molecule is C[n+]1c2ccccc2c(-c2cccc3cccc(-c4c5ccccc5[n+](C)c5ccccc45)c23)c2ccccc21. The summed E-state index contributed by atoms with van der Waals surface area (Å²) in [5.41, 5.74) is 10.0. The minimum Gasteiger partial charge on any atom is -0.194 e. The number of hydrogen-bond acceptors (Lipinski definition) is 0. The van der Waals surface area contributed by atoms with Crippen molar-refractivity contribution in [2.45, 2.75) is 0 Å². The zero-order valence-electron chi connectivity index (χ0n) is 22.6. The van der Waals surface area contributed by atoms with Crippen LogP contribution in [0.5, 0.6) is 0 Å². The average molecular weight is 513 g/mol. The molecule has 2 nitrogen and oxygen atoms in total. The van der Waals surface area contributed by atoms with Gasteiger partial charge < -0.3 is 0 Å². The van der Waals surface area contributed by atoms with Gasteiger partial charge >= 0.3 is 0 Å². The molecule has 0 saturated heterocycles. The molecule has 0 aliphatic carbocycles. The smallest absolute Gasteiger partial charge is 0.194 e. The van der Waals surface area contributed by atoms with E-state index in [0.717, 1.165) is 0 Å². The molecule has 2 aromatic heterocycles. The molecule has 8 aromatic rings. The molecule has 8 rings (SSSR count). The lowest BCUT2D eigenvalue weighted by atomic mass is 9.86. The normalized spacial score (nSPS) is 11.8. The summed E-state index contributed by atoms with van der Waals surface area (Å²) in [6.45, 7) is 0. The molecule has 6 aromatic carbocycles. The number of aromatic nitrogens is 2. The summed E-state index contributed by atoms with van der Waals surface area (Å²) >= 11 is 0. The van der Waals surface area contributed by atoms with Crippen LogP contribution in [0.1, 0.15) is 0 Å². The van der Waals surface area contributed by atoms with Crippen LogP contribution >= 0.6 is 0 Å². The Morgan fingerprint density at radius 2 is 0.675 bits per heavy atom. The van der Waals surface area contributed by atoms with Crippen LogP contribution in [0.4, 0.5) is 0 Å². The van der Waals surface area contributed by atoms with Crippen LogP contribution in [0, 0.1) is 0 Å². The summed E-state index contributed by atoms with van der Waals surface area (Å²) in [5.74, 6) is 0. The fraction of sp³-hybridized carbons (Fsp3) is 0.0526. The van der Waals surface area contributed by atoms with Crippen molar-refractivity contribution in [3.63, 3.8) is 0 Å². The van der Waals surface area contributed by atoms with Crippen molar-refractivity contribution in [3.05, 3.63) is 133 Å². The number of para-hydroxylation sites is 4. The molecular weight excluding hydrogens is 484 g/mol. The highest BCUT2D eigenvalue weighted by Gasteiger charge is 2.24. The van der Waals surface area contributed by atoms with Crippen LogP contribution < -0.4 is 9.13 Å². The molecule has 188 valence electrons. The first-order valence-electron chi connectivity index (χ1n) is 13.8. The molecule has 2 heterocycles. The molecular formula is C38H28N2+2. The summed E-state index contributed by atoms with van der Waals surface area (Å²) in [4.78, 5) is 0. The second kappa shape index (κ2) is 8.72. The maximum atomic E-state index is 2.32. The number of nitrogens with zero attached hydrogens (tertiary/aromatic N) is 2. The molecule has 0 bridgehead atoms. The minimum absolute atomic E-state index is 1.23. The summed E-state index contributed by atoms with van der Waals surface area (Å²) in [6.07, 6.45) is 0. The molecule has 0 amide bonds. The molecule has 0 aliphatic heterocycles. The van der Waals surface area contributed by atoms with Crippen LogP contribution in [0.25, 0.3) is 76.6 Å². The topological polar surface area (TPSA) is 7.76 Å². The first-order valence-corrected chi connectivity index (χ1v) is 13.8. The van der Waals surface area contributed by atoms with Crippen molar-refractivity contribution in [3.8, 4) is 22.3 Å². The molecule has 0 unspecified atom stereocenters. The van der Waals surface area contributed by atoms with Gasteiger partial charge in [-0.05, 0) is 46.2 Å². The Bertz CT molecular complexity index is 2020. The van der Waals surface area contributed by atoms with Crippen LogP contribution in [-0.2, 0) is 14.1 Å². The fourth-order valence-electron chi connectivity index (χ4n) is 6.80. The van der Waals surface area contributed by atoms with Gasteiger partial charge in [0.1, 0.15) is 14.1 Å². The molecule has 0 aliphatic rings. The quantitative estimate of drug-likeness (QED) is 0.162. The molecule has 0 saturated carbocycles. The molecule has 0 spiro atoms. The number of benzene rings is 6. The van der Waals surface area contributed by atoms with Gasteiger partial charge in [0.2, 0.25) is 22.1 Å². The Labute approximate surface area is 233 Å². The van der Waals surface area contributed by atoms with Gasteiger partial charge in [0.15, 0.2) is 0 Å². The lowest BCUT2D eigenvalue weighted by Crippen LogP contribution is -2.30. The van der Waals surface area contributed by atoms with E-state index in [-0.39, 0.29) is 0 Å². The number of pyridine rings is 2. The molecule has 0 N–H and O–H groups in total. The number of rotatable bonds is 2. The molecule has 0 radical (unpaired) electrons. The van der Waals surface area contributed by atoms with Gasteiger partial charge in [-0.3, -0.25) is 0 Å². The van der Waals surface area contributed by atoms with Gasteiger partial charge in [0.25, 0.3) is 0 Å². The third kappa shape index (κ3) is 3.17. The van der Waals surface area contributed by atoms with E-state index in [1.165, 1.54) is 76.6 Å². The molecule has 0 atom stereocenters. The van der Waals surface area contributed by atoms with E-state index in [4.69, 9.17) is 0 Å². The van der Waals surface area contributed by atoms with E-state index in [1.54, 1.807) is 0 Å².